The predicted molar refractivity (Wildman–Crippen MR) is 52.8 cm³/mol. The Morgan fingerprint density at radius 3 is 2.12 bits per heavy atom. The van der Waals surface area contributed by atoms with Gasteiger partial charge in [0.15, 0.2) is 0 Å². The fraction of sp³-hybridized carbons (Fsp3) is 1.00. The molecule has 0 amide bonds. The SMILES string of the molecule is S=P1(S)SCCCS1. The van der Waals surface area contributed by atoms with Crippen LogP contribution >= 0.6 is 38.7 Å². The Kier molecular flexibility index (Phi) is 3.12. The molecular formula is C3H7PS4. The highest BCUT2D eigenvalue weighted by atomic mass is 33.5. The molecule has 0 aromatic carbocycles. The molecule has 0 aliphatic carbocycles. The fourth-order valence-electron chi connectivity index (χ4n) is 0.456. The van der Waals surface area contributed by atoms with E-state index in [2.05, 4.69) is 12.2 Å². The van der Waals surface area contributed by atoms with Crippen LogP contribution in [0, 0.1) is 0 Å². The van der Waals surface area contributed by atoms with E-state index < -0.39 is 3.64 Å². The number of rotatable bonds is 0. The largest absolute Gasteiger partial charge is 0.122 e. The van der Waals surface area contributed by atoms with E-state index in [1.54, 1.807) is 0 Å². The molecule has 0 bridgehead atoms. The number of hydrogen-bond donors (Lipinski definition) is 1. The second-order valence-electron chi connectivity index (χ2n) is 1.49. The first-order chi connectivity index (χ1) is 3.71. The van der Waals surface area contributed by atoms with Crippen molar-refractivity contribution in [3.05, 3.63) is 0 Å². The average molecular weight is 202 g/mol. The summed E-state index contributed by atoms with van der Waals surface area (Å²) in [5, 5.41) is 0. The van der Waals surface area contributed by atoms with Crippen molar-refractivity contribution in [3.63, 3.8) is 0 Å². The molecule has 0 radical (unpaired) electrons. The lowest BCUT2D eigenvalue weighted by atomic mass is 10.6. The zero-order valence-electron chi connectivity index (χ0n) is 4.24. The van der Waals surface area contributed by atoms with E-state index in [4.69, 9.17) is 11.8 Å². The molecule has 1 rings (SSSR count). The van der Waals surface area contributed by atoms with E-state index in [0.29, 0.717) is 0 Å². The molecule has 1 saturated heterocycles. The molecular weight excluding hydrogens is 195 g/mol. The summed E-state index contributed by atoms with van der Waals surface area (Å²) in [5.41, 5.74) is 0. The molecule has 1 aliphatic rings. The monoisotopic (exact) mass is 202 g/mol. The first kappa shape index (κ1) is 7.80. The van der Waals surface area contributed by atoms with Crippen LogP contribution in [0.5, 0.6) is 0 Å². The Morgan fingerprint density at radius 1 is 1.38 bits per heavy atom. The summed E-state index contributed by atoms with van der Waals surface area (Å²) in [6.07, 6.45) is 1.31. The summed E-state index contributed by atoms with van der Waals surface area (Å²) in [6, 6.07) is 0. The van der Waals surface area contributed by atoms with Gasteiger partial charge in [0.1, 0.15) is 3.64 Å². The van der Waals surface area contributed by atoms with Gasteiger partial charge in [-0.25, -0.2) is 0 Å². The minimum Gasteiger partial charge on any atom is -0.122 e. The lowest BCUT2D eigenvalue weighted by Gasteiger charge is -2.18. The standard InChI is InChI=1S/C3H7PS4/c5-4(6)7-2-1-3-8-4/h1-3H2,(H,5,6). The van der Waals surface area contributed by atoms with Gasteiger partial charge in [0.2, 0.25) is 0 Å². The van der Waals surface area contributed by atoms with Gasteiger partial charge in [-0.1, -0.05) is 11.8 Å². The second kappa shape index (κ2) is 3.20. The van der Waals surface area contributed by atoms with Crippen LogP contribution in [0.3, 0.4) is 0 Å². The molecule has 0 atom stereocenters. The topological polar surface area (TPSA) is 0 Å². The maximum absolute atomic E-state index is 5.20. The Balaban J connectivity index is 2.45. The van der Waals surface area contributed by atoms with Gasteiger partial charge in [-0.15, -0.1) is 35.0 Å². The first-order valence-corrected chi connectivity index (χ1v) is 9.46. The van der Waals surface area contributed by atoms with E-state index in [9.17, 15) is 0 Å². The van der Waals surface area contributed by atoms with Gasteiger partial charge in [-0.05, 0) is 6.42 Å². The van der Waals surface area contributed by atoms with Crippen LogP contribution in [0.4, 0.5) is 0 Å². The highest BCUT2D eigenvalue weighted by Gasteiger charge is 2.16. The van der Waals surface area contributed by atoms with Gasteiger partial charge < -0.3 is 0 Å². The quantitative estimate of drug-likeness (QED) is 0.474. The third-order valence-electron chi connectivity index (χ3n) is 0.798. The molecule has 8 heavy (non-hydrogen) atoms. The lowest BCUT2D eigenvalue weighted by molar-refractivity contribution is 1.13. The van der Waals surface area contributed by atoms with E-state index in [0.717, 1.165) is 0 Å². The third kappa shape index (κ3) is 2.53. The summed E-state index contributed by atoms with van der Waals surface area (Å²) in [6.45, 7) is 0. The lowest BCUT2D eigenvalue weighted by Crippen LogP contribution is -1.86. The Morgan fingerprint density at radius 2 is 1.88 bits per heavy atom. The zero-order valence-corrected chi connectivity index (χ0v) is 8.48. The van der Waals surface area contributed by atoms with Crippen molar-refractivity contribution in [2.24, 2.45) is 0 Å². The molecule has 0 N–H and O–H groups in total. The molecule has 0 saturated carbocycles. The predicted octanol–water partition coefficient (Wildman–Crippen LogP) is 3.01. The zero-order chi connectivity index (χ0) is 6.04. The molecule has 0 aromatic heterocycles. The summed E-state index contributed by atoms with van der Waals surface area (Å²) in [5.74, 6) is 2.46. The Hall–Kier alpha value is 1.70. The van der Waals surface area contributed by atoms with Crippen molar-refractivity contribution < 1.29 is 0 Å². The van der Waals surface area contributed by atoms with Crippen LogP contribution in [0.1, 0.15) is 6.42 Å². The molecule has 48 valence electrons. The molecule has 0 unspecified atom stereocenters. The van der Waals surface area contributed by atoms with Crippen molar-refractivity contribution in [3.8, 4) is 0 Å². The molecule has 1 aliphatic heterocycles. The van der Waals surface area contributed by atoms with Crippen LogP contribution in [-0.4, -0.2) is 11.5 Å². The van der Waals surface area contributed by atoms with Crippen molar-refractivity contribution in [2.75, 3.05) is 11.5 Å². The summed E-state index contributed by atoms with van der Waals surface area (Å²) >= 11 is 13.3. The maximum Gasteiger partial charge on any atom is 0.106 e. The molecule has 1 heterocycles. The first-order valence-electron chi connectivity index (χ1n) is 2.33. The van der Waals surface area contributed by atoms with Crippen LogP contribution in [-0.2, 0) is 11.8 Å². The van der Waals surface area contributed by atoms with Crippen LogP contribution in [0.25, 0.3) is 0 Å². The third-order valence-corrected chi connectivity index (χ3v) is 11.3. The maximum atomic E-state index is 5.20. The van der Waals surface area contributed by atoms with E-state index >= 15 is 0 Å². The second-order valence-corrected chi connectivity index (χ2v) is 16.6. The Bertz CT molecular complexity index is 112. The molecule has 1 fully saturated rings. The number of thiol groups is 1. The van der Waals surface area contributed by atoms with Crippen LogP contribution in [0.15, 0.2) is 0 Å². The van der Waals surface area contributed by atoms with E-state index in [1.807, 2.05) is 22.8 Å². The van der Waals surface area contributed by atoms with E-state index in [-0.39, 0.29) is 0 Å². The minimum absolute atomic E-state index is 1.23. The van der Waals surface area contributed by atoms with Gasteiger partial charge in [0.05, 0.1) is 0 Å². The Labute approximate surface area is 68.2 Å². The average Bonchev–Trinajstić information content (AvgIpc) is 1.65. The van der Waals surface area contributed by atoms with Crippen molar-refractivity contribution in [2.45, 2.75) is 6.42 Å². The smallest absolute Gasteiger partial charge is 0.106 e. The van der Waals surface area contributed by atoms with E-state index in [1.165, 1.54) is 17.9 Å². The number of hydrogen-bond acceptors (Lipinski definition) is 3. The summed E-state index contributed by atoms with van der Waals surface area (Å²) < 4.78 is -1.23. The van der Waals surface area contributed by atoms with Crippen LogP contribution < -0.4 is 0 Å². The van der Waals surface area contributed by atoms with Crippen molar-refractivity contribution in [1.29, 1.82) is 0 Å². The fourth-order valence-corrected chi connectivity index (χ4v) is 8.93. The highest BCUT2D eigenvalue weighted by Crippen LogP contribution is 2.75. The van der Waals surface area contributed by atoms with Crippen LogP contribution in [0.2, 0.25) is 0 Å². The molecule has 0 spiro atoms. The van der Waals surface area contributed by atoms with Gasteiger partial charge >= 0.3 is 0 Å². The van der Waals surface area contributed by atoms with Crippen molar-refractivity contribution >= 4 is 50.5 Å². The molecule has 5 heteroatoms. The van der Waals surface area contributed by atoms with Gasteiger partial charge in [-0.2, -0.15) is 0 Å². The normalized spacial score (nSPS) is 27.6. The molecule has 0 nitrogen and oxygen atoms in total. The van der Waals surface area contributed by atoms with Gasteiger partial charge in [-0.3, -0.25) is 0 Å². The minimum atomic E-state index is -1.23. The summed E-state index contributed by atoms with van der Waals surface area (Å²) in [7, 11) is 0. The summed E-state index contributed by atoms with van der Waals surface area (Å²) in [4.78, 5) is 0. The molecule has 0 aromatic rings. The van der Waals surface area contributed by atoms with Gasteiger partial charge in [0.25, 0.3) is 0 Å². The highest BCUT2D eigenvalue weighted by molar-refractivity contribution is 9.20. The van der Waals surface area contributed by atoms with Crippen molar-refractivity contribution in [1.82, 2.24) is 0 Å². The van der Waals surface area contributed by atoms with Gasteiger partial charge in [0, 0.05) is 11.5 Å².